The molecule has 1 rings (SSSR count). The van der Waals surface area contributed by atoms with E-state index in [9.17, 15) is 32.7 Å². The SMILES string of the molecule is CC(NC(=O)CNC(=O)c1cccc(C(F)(F)F)c1)C(=O)[O-]. The normalized spacial score (nSPS) is 12.4. The molecule has 0 aliphatic heterocycles. The van der Waals surface area contributed by atoms with E-state index < -0.39 is 42.1 Å². The Balaban J connectivity index is 2.63. The van der Waals surface area contributed by atoms with Gasteiger partial charge in [0.05, 0.1) is 24.1 Å². The van der Waals surface area contributed by atoms with Gasteiger partial charge >= 0.3 is 6.18 Å². The minimum atomic E-state index is -4.59. The van der Waals surface area contributed by atoms with Gasteiger partial charge in [-0.15, -0.1) is 0 Å². The number of carbonyl (C=O) groups is 3. The first-order chi connectivity index (χ1) is 10.1. The number of carbonyl (C=O) groups excluding carboxylic acids is 3. The van der Waals surface area contributed by atoms with Gasteiger partial charge in [-0.25, -0.2) is 0 Å². The Hall–Kier alpha value is -2.58. The Kier molecular flexibility index (Phi) is 5.50. The molecule has 0 saturated heterocycles. The molecule has 9 heteroatoms. The zero-order valence-corrected chi connectivity index (χ0v) is 11.4. The summed E-state index contributed by atoms with van der Waals surface area (Å²) in [5.74, 6) is -3.20. The number of nitrogens with one attached hydrogen (secondary N) is 2. The molecule has 0 radical (unpaired) electrons. The zero-order chi connectivity index (χ0) is 16.9. The third kappa shape index (κ3) is 5.08. The lowest BCUT2D eigenvalue weighted by Crippen LogP contribution is -2.48. The summed E-state index contributed by atoms with van der Waals surface area (Å²) >= 11 is 0. The van der Waals surface area contributed by atoms with Gasteiger partial charge in [0.1, 0.15) is 0 Å². The Morgan fingerprint density at radius 2 is 1.91 bits per heavy atom. The smallest absolute Gasteiger partial charge is 0.416 e. The number of benzene rings is 1. The maximum Gasteiger partial charge on any atom is 0.416 e. The van der Waals surface area contributed by atoms with E-state index in [1.54, 1.807) is 0 Å². The molecule has 0 heterocycles. The van der Waals surface area contributed by atoms with Crippen LogP contribution in [0.3, 0.4) is 0 Å². The van der Waals surface area contributed by atoms with Crippen LogP contribution < -0.4 is 15.7 Å². The van der Waals surface area contributed by atoms with Gasteiger partial charge in [0.2, 0.25) is 5.91 Å². The molecule has 6 nitrogen and oxygen atoms in total. The predicted molar refractivity (Wildman–Crippen MR) is 66.4 cm³/mol. The molecule has 120 valence electrons. The molecule has 0 aliphatic rings. The second kappa shape index (κ2) is 6.92. The maximum atomic E-state index is 12.5. The molecule has 1 aromatic rings. The number of hydrogen-bond donors (Lipinski definition) is 2. The average Bonchev–Trinajstić information content (AvgIpc) is 2.43. The van der Waals surface area contributed by atoms with E-state index in [2.05, 4.69) is 5.32 Å². The summed E-state index contributed by atoms with van der Waals surface area (Å²) in [4.78, 5) is 33.4. The molecule has 0 fully saturated rings. The minimum absolute atomic E-state index is 0.268. The first-order valence-corrected chi connectivity index (χ1v) is 6.07. The van der Waals surface area contributed by atoms with E-state index in [-0.39, 0.29) is 5.56 Å². The molecule has 1 aromatic carbocycles. The number of amides is 2. The molecule has 0 spiro atoms. The van der Waals surface area contributed by atoms with Gasteiger partial charge in [-0.2, -0.15) is 13.2 Å². The lowest BCUT2D eigenvalue weighted by molar-refractivity contribution is -0.307. The van der Waals surface area contributed by atoms with E-state index in [1.807, 2.05) is 5.32 Å². The highest BCUT2D eigenvalue weighted by molar-refractivity contribution is 5.97. The summed E-state index contributed by atoms with van der Waals surface area (Å²) < 4.78 is 37.5. The molecule has 2 amide bonds. The summed E-state index contributed by atoms with van der Waals surface area (Å²) in [6.45, 7) is 0.592. The van der Waals surface area contributed by atoms with Gasteiger partial charge in [0.15, 0.2) is 0 Å². The molecule has 1 unspecified atom stereocenters. The molecule has 0 saturated carbocycles. The molecule has 22 heavy (non-hydrogen) atoms. The first-order valence-electron chi connectivity index (χ1n) is 6.07. The molecule has 1 atom stereocenters. The van der Waals surface area contributed by atoms with Crippen molar-refractivity contribution in [1.29, 1.82) is 0 Å². The van der Waals surface area contributed by atoms with Crippen LogP contribution in [0.2, 0.25) is 0 Å². The number of halogens is 3. The summed E-state index contributed by atoms with van der Waals surface area (Å²) in [7, 11) is 0. The summed E-state index contributed by atoms with van der Waals surface area (Å²) in [5.41, 5.74) is -1.26. The fourth-order valence-electron chi connectivity index (χ4n) is 1.45. The second-order valence-corrected chi connectivity index (χ2v) is 4.37. The number of aliphatic carboxylic acids is 1. The van der Waals surface area contributed by atoms with Crippen molar-refractivity contribution in [2.75, 3.05) is 6.54 Å². The van der Waals surface area contributed by atoms with Crippen molar-refractivity contribution in [1.82, 2.24) is 10.6 Å². The van der Waals surface area contributed by atoms with Crippen LogP contribution in [0, 0.1) is 0 Å². The van der Waals surface area contributed by atoms with Gasteiger partial charge in [-0.05, 0) is 25.1 Å². The van der Waals surface area contributed by atoms with Gasteiger partial charge < -0.3 is 20.5 Å². The van der Waals surface area contributed by atoms with Crippen molar-refractivity contribution >= 4 is 17.8 Å². The number of rotatable bonds is 5. The number of alkyl halides is 3. The maximum absolute atomic E-state index is 12.5. The number of hydrogen-bond acceptors (Lipinski definition) is 4. The van der Waals surface area contributed by atoms with Gasteiger partial charge in [-0.1, -0.05) is 6.07 Å². The van der Waals surface area contributed by atoms with Crippen LogP contribution in [-0.2, 0) is 15.8 Å². The molecular weight excluding hydrogens is 305 g/mol. The summed E-state index contributed by atoms with van der Waals surface area (Å²) in [6.07, 6.45) is -4.59. The second-order valence-electron chi connectivity index (χ2n) is 4.37. The van der Waals surface area contributed by atoms with E-state index in [0.717, 1.165) is 18.2 Å². The quantitative estimate of drug-likeness (QED) is 0.778. The van der Waals surface area contributed by atoms with Crippen LogP contribution in [0.15, 0.2) is 24.3 Å². The van der Waals surface area contributed by atoms with E-state index in [1.165, 1.54) is 6.92 Å². The van der Waals surface area contributed by atoms with E-state index in [0.29, 0.717) is 6.07 Å². The van der Waals surface area contributed by atoms with Crippen LogP contribution >= 0.6 is 0 Å². The van der Waals surface area contributed by atoms with Crippen molar-refractivity contribution < 1.29 is 32.7 Å². The van der Waals surface area contributed by atoms with Crippen LogP contribution in [0.1, 0.15) is 22.8 Å². The van der Waals surface area contributed by atoms with Crippen LogP contribution in [0.4, 0.5) is 13.2 Å². The van der Waals surface area contributed by atoms with Gasteiger partial charge in [-0.3, -0.25) is 9.59 Å². The van der Waals surface area contributed by atoms with Crippen molar-refractivity contribution in [2.24, 2.45) is 0 Å². The fraction of sp³-hybridized carbons (Fsp3) is 0.308. The molecule has 0 aliphatic carbocycles. The highest BCUT2D eigenvalue weighted by Gasteiger charge is 2.30. The third-order valence-corrected chi connectivity index (χ3v) is 2.59. The van der Waals surface area contributed by atoms with E-state index in [4.69, 9.17) is 0 Å². The monoisotopic (exact) mass is 317 g/mol. The van der Waals surface area contributed by atoms with Crippen molar-refractivity contribution in [2.45, 2.75) is 19.1 Å². The zero-order valence-electron chi connectivity index (χ0n) is 11.4. The Morgan fingerprint density at radius 3 is 2.45 bits per heavy atom. The predicted octanol–water partition coefficient (Wildman–Crippen LogP) is -0.310. The van der Waals surface area contributed by atoms with Crippen molar-refractivity contribution in [3.05, 3.63) is 35.4 Å². The number of carboxylic acid groups (broad SMARTS) is 1. The van der Waals surface area contributed by atoms with Crippen LogP contribution in [0.25, 0.3) is 0 Å². The summed E-state index contributed by atoms with van der Waals surface area (Å²) in [5, 5.41) is 14.5. The van der Waals surface area contributed by atoms with Crippen molar-refractivity contribution in [3.63, 3.8) is 0 Å². The number of carboxylic acids is 1. The highest BCUT2D eigenvalue weighted by atomic mass is 19.4. The molecule has 0 bridgehead atoms. The van der Waals surface area contributed by atoms with Crippen molar-refractivity contribution in [3.8, 4) is 0 Å². The van der Waals surface area contributed by atoms with Crippen LogP contribution in [-0.4, -0.2) is 30.4 Å². The topological polar surface area (TPSA) is 98.3 Å². The van der Waals surface area contributed by atoms with Gasteiger partial charge in [0.25, 0.3) is 5.91 Å². The lowest BCUT2D eigenvalue weighted by atomic mass is 10.1. The van der Waals surface area contributed by atoms with Crippen LogP contribution in [0.5, 0.6) is 0 Å². The van der Waals surface area contributed by atoms with E-state index >= 15 is 0 Å². The minimum Gasteiger partial charge on any atom is -0.548 e. The Labute approximate surface area is 123 Å². The largest absolute Gasteiger partial charge is 0.548 e. The lowest BCUT2D eigenvalue weighted by Gasteiger charge is -2.15. The first kappa shape index (κ1) is 17.5. The highest BCUT2D eigenvalue weighted by Crippen LogP contribution is 2.29. The molecule has 0 aromatic heterocycles. The summed E-state index contributed by atoms with van der Waals surface area (Å²) in [6, 6.07) is 2.43. The Bertz CT molecular complexity index is 587. The Morgan fingerprint density at radius 1 is 1.27 bits per heavy atom. The molecular formula is C13H12F3N2O4-. The molecule has 2 N–H and O–H groups in total. The standard InChI is InChI=1S/C13H13F3N2O4/c1-7(12(21)22)18-10(19)6-17-11(20)8-3-2-4-9(5-8)13(14,15)16/h2-5,7H,6H2,1H3,(H,17,20)(H,18,19)(H,21,22)/p-1. The third-order valence-electron chi connectivity index (χ3n) is 2.59. The average molecular weight is 317 g/mol. The van der Waals surface area contributed by atoms with Gasteiger partial charge in [0, 0.05) is 5.56 Å². The fourth-order valence-corrected chi connectivity index (χ4v) is 1.45.